The Morgan fingerprint density at radius 3 is 2.65 bits per heavy atom. The van der Waals surface area contributed by atoms with Gasteiger partial charge in [0.1, 0.15) is 5.82 Å². The van der Waals surface area contributed by atoms with Gasteiger partial charge in [-0.1, -0.05) is 17.7 Å². The van der Waals surface area contributed by atoms with Crippen molar-refractivity contribution in [3.05, 3.63) is 56.5 Å². The molecule has 0 unspecified atom stereocenters. The lowest BCUT2D eigenvalue weighted by atomic mass is 10.2. The zero-order valence-corrected chi connectivity index (χ0v) is 14.3. The molecule has 0 fully saturated rings. The highest BCUT2D eigenvalue weighted by Crippen LogP contribution is 2.20. The van der Waals surface area contributed by atoms with Crippen LogP contribution in [0.3, 0.4) is 0 Å². The molecule has 0 radical (unpaired) electrons. The maximum Gasteiger partial charge on any atom is 0.261 e. The summed E-state index contributed by atoms with van der Waals surface area (Å²) in [6.45, 7) is 1.79. The third kappa shape index (κ3) is 4.53. The van der Waals surface area contributed by atoms with Crippen molar-refractivity contribution in [2.24, 2.45) is 0 Å². The molecule has 122 valence electrons. The number of nitrogens with one attached hydrogen (secondary N) is 1. The van der Waals surface area contributed by atoms with Crippen LogP contribution in [0.25, 0.3) is 0 Å². The van der Waals surface area contributed by atoms with Crippen molar-refractivity contribution in [2.75, 3.05) is 13.6 Å². The molecule has 2 amide bonds. The average molecular weight is 355 g/mol. The van der Waals surface area contributed by atoms with E-state index in [4.69, 9.17) is 11.6 Å². The molecule has 0 saturated heterocycles. The fourth-order valence-corrected chi connectivity index (χ4v) is 2.95. The number of amides is 2. The molecule has 1 heterocycles. The van der Waals surface area contributed by atoms with Crippen molar-refractivity contribution in [1.82, 2.24) is 10.2 Å². The first-order valence-electron chi connectivity index (χ1n) is 6.90. The number of nitrogens with zero attached hydrogens (tertiary/aromatic N) is 1. The Kier molecular flexibility index (Phi) is 5.74. The normalized spacial score (nSPS) is 10.4. The van der Waals surface area contributed by atoms with Gasteiger partial charge in [0.15, 0.2) is 0 Å². The lowest BCUT2D eigenvalue weighted by molar-refractivity contribution is -0.129. The Morgan fingerprint density at radius 1 is 1.30 bits per heavy atom. The van der Waals surface area contributed by atoms with Crippen LogP contribution in [0.4, 0.5) is 4.39 Å². The minimum atomic E-state index is -0.463. The van der Waals surface area contributed by atoms with Crippen LogP contribution in [0, 0.1) is 12.7 Å². The highest BCUT2D eigenvalue weighted by atomic mass is 35.5. The maximum atomic E-state index is 13.7. The molecule has 4 nitrogen and oxygen atoms in total. The Hall–Kier alpha value is -1.92. The molecular weight excluding hydrogens is 339 g/mol. The van der Waals surface area contributed by atoms with Crippen LogP contribution in [0.5, 0.6) is 0 Å². The summed E-state index contributed by atoms with van der Waals surface area (Å²) in [6, 6.07) is 7.92. The highest BCUT2D eigenvalue weighted by Gasteiger charge is 2.16. The Labute approximate surface area is 142 Å². The minimum Gasteiger partial charge on any atom is -0.342 e. The SMILES string of the molecule is Cc1ccc(C(=O)NCC(=O)N(C)Cc2c(F)cccc2Cl)s1. The monoisotopic (exact) mass is 354 g/mol. The van der Waals surface area contributed by atoms with E-state index in [1.807, 2.05) is 13.0 Å². The minimum absolute atomic E-state index is 0.0400. The molecule has 0 atom stereocenters. The molecule has 23 heavy (non-hydrogen) atoms. The fraction of sp³-hybridized carbons (Fsp3) is 0.250. The first kappa shape index (κ1) is 17.4. The molecule has 2 aromatic rings. The average Bonchev–Trinajstić information content (AvgIpc) is 2.94. The number of aryl methyl sites for hydroxylation is 1. The third-order valence-electron chi connectivity index (χ3n) is 3.25. The third-order valence-corrected chi connectivity index (χ3v) is 4.60. The number of likely N-dealkylation sites (N-methyl/N-ethyl adjacent to an activating group) is 1. The smallest absolute Gasteiger partial charge is 0.261 e. The quantitative estimate of drug-likeness (QED) is 0.896. The van der Waals surface area contributed by atoms with Gasteiger partial charge in [-0.25, -0.2) is 4.39 Å². The molecule has 0 bridgehead atoms. The van der Waals surface area contributed by atoms with Crippen LogP contribution in [-0.4, -0.2) is 30.3 Å². The van der Waals surface area contributed by atoms with Gasteiger partial charge in [0, 0.05) is 29.1 Å². The lowest BCUT2D eigenvalue weighted by Gasteiger charge is -2.18. The van der Waals surface area contributed by atoms with Gasteiger partial charge in [0.25, 0.3) is 5.91 Å². The zero-order valence-electron chi connectivity index (χ0n) is 12.7. The summed E-state index contributed by atoms with van der Waals surface area (Å²) in [4.78, 5) is 26.9. The molecule has 7 heteroatoms. The van der Waals surface area contributed by atoms with E-state index >= 15 is 0 Å². The van der Waals surface area contributed by atoms with E-state index in [0.29, 0.717) is 4.88 Å². The number of benzene rings is 1. The van der Waals surface area contributed by atoms with E-state index in [-0.39, 0.29) is 35.5 Å². The van der Waals surface area contributed by atoms with Gasteiger partial charge in [-0.3, -0.25) is 9.59 Å². The van der Waals surface area contributed by atoms with Gasteiger partial charge in [-0.15, -0.1) is 11.3 Å². The fourth-order valence-electron chi connectivity index (χ4n) is 1.94. The predicted molar refractivity (Wildman–Crippen MR) is 89.3 cm³/mol. The van der Waals surface area contributed by atoms with Crippen molar-refractivity contribution in [2.45, 2.75) is 13.5 Å². The van der Waals surface area contributed by atoms with Crippen LogP contribution in [0.2, 0.25) is 5.02 Å². The van der Waals surface area contributed by atoms with Gasteiger partial charge >= 0.3 is 0 Å². The van der Waals surface area contributed by atoms with E-state index < -0.39 is 5.82 Å². The Morgan fingerprint density at radius 2 is 2.04 bits per heavy atom. The zero-order chi connectivity index (χ0) is 17.0. The molecule has 0 aliphatic rings. The van der Waals surface area contributed by atoms with Crippen LogP contribution in [-0.2, 0) is 11.3 Å². The number of carbonyl (C=O) groups is 2. The van der Waals surface area contributed by atoms with Crippen LogP contribution < -0.4 is 5.32 Å². The topological polar surface area (TPSA) is 49.4 Å². The van der Waals surface area contributed by atoms with Crippen molar-refractivity contribution in [1.29, 1.82) is 0 Å². The van der Waals surface area contributed by atoms with E-state index in [9.17, 15) is 14.0 Å². The van der Waals surface area contributed by atoms with E-state index in [0.717, 1.165) is 4.88 Å². The highest BCUT2D eigenvalue weighted by molar-refractivity contribution is 7.13. The summed E-state index contributed by atoms with van der Waals surface area (Å²) in [5.74, 6) is -1.09. The summed E-state index contributed by atoms with van der Waals surface area (Å²) < 4.78 is 13.7. The molecule has 1 aromatic carbocycles. The molecule has 2 rings (SSSR count). The Bertz CT molecular complexity index is 712. The second-order valence-corrected chi connectivity index (χ2v) is 6.74. The van der Waals surface area contributed by atoms with Gasteiger partial charge in [-0.05, 0) is 31.2 Å². The number of thiophene rings is 1. The molecule has 0 aliphatic heterocycles. The summed E-state index contributed by atoms with van der Waals surface area (Å²) in [5.41, 5.74) is 0.255. The van der Waals surface area contributed by atoms with Gasteiger partial charge in [-0.2, -0.15) is 0 Å². The maximum absolute atomic E-state index is 13.7. The second kappa shape index (κ2) is 7.57. The molecule has 1 aromatic heterocycles. The number of rotatable bonds is 5. The molecule has 0 spiro atoms. The van der Waals surface area contributed by atoms with Gasteiger partial charge < -0.3 is 10.2 Å². The van der Waals surface area contributed by atoms with Crippen molar-refractivity contribution >= 4 is 34.8 Å². The van der Waals surface area contributed by atoms with E-state index in [1.165, 1.54) is 35.4 Å². The molecule has 0 aliphatic carbocycles. The lowest BCUT2D eigenvalue weighted by Crippen LogP contribution is -2.37. The van der Waals surface area contributed by atoms with Crippen molar-refractivity contribution < 1.29 is 14.0 Å². The van der Waals surface area contributed by atoms with Gasteiger partial charge in [0.05, 0.1) is 11.4 Å². The first-order valence-corrected chi connectivity index (χ1v) is 8.09. The van der Waals surface area contributed by atoms with Crippen molar-refractivity contribution in [3.63, 3.8) is 0 Å². The summed E-state index contributed by atoms with van der Waals surface area (Å²) in [5, 5.41) is 2.83. The van der Waals surface area contributed by atoms with Crippen molar-refractivity contribution in [3.8, 4) is 0 Å². The number of halogens is 2. The predicted octanol–water partition coefficient (Wildman–Crippen LogP) is 3.24. The summed E-state index contributed by atoms with van der Waals surface area (Å²) in [7, 11) is 1.53. The molecule has 1 N–H and O–H groups in total. The van der Waals surface area contributed by atoms with Crippen LogP contribution >= 0.6 is 22.9 Å². The van der Waals surface area contributed by atoms with Gasteiger partial charge in [0.2, 0.25) is 5.91 Å². The summed E-state index contributed by atoms with van der Waals surface area (Å²) in [6.07, 6.45) is 0. The number of carbonyl (C=O) groups excluding carboxylic acids is 2. The number of hydrogen-bond donors (Lipinski definition) is 1. The largest absolute Gasteiger partial charge is 0.342 e. The van der Waals surface area contributed by atoms with E-state index in [2.05, 4.69) is 5.32 Å². The second-order valence-electron chi connectivity index (χ2n) is 5.04. The molecule has 0 saturated carbocycles. The Balaban J connectivity index is 1.91. The van der Waals surface area contributed by atoms with Crippen LogP contribution in [0.1, 0.15) is 20.1 Å². The number of hydrogen-bond acceptors (Lipinski definition) is 3. The van der Waals surface area contributed by atoms with Crippen LogP contribution in [0.15, 0.2) is 30.3 Å². The standard InChI is InChI=1S/C16H16ClFN2O2S/c1-10-6-7-14(23-10)16(22)19-8-15(21)20(2)9-11-12(17)4-3-5-13(11)18/h3-7H,8-9H2,1-2H3,(H,19,22). The first-order chi connectivity index (χ1) is 10.9. The molecular formula is C16H16ClFN2O2S. The summed E-state index contributed by atoms with van der Waals surface area (Å²) >= 11 is 7.30. The van der Waals surface area contributed by atoms with E-state index in [1.54, 1.807) is 12.1 Å².